The van der Waals surface area contributed by atoms with Crippen LogP contribution < -0.4 is 0 Å². The molecule has 0 radical (unpaired) electrons. The third-order valence-corrected chi connectivity index (χ3v) is 3.62. The van der Waals surface area contributed by atoms with Crippen LogP contribution in [0.5, 0.6) is 0 Å². The number of nitrogens with zero attached hydrogens (tertiary/aromatic N) is 1. The molecule has 1 aromatic carbocycles. The number of thioether (sulfide) groups is 1. The minimum absolute atomic E-state index is 0.253. The number of carboxylic acids is 1. The van der Waals surface area contributed by atoms with Gasteiger partial charge in [-0.1, -0.05) is 12.1 Å². The molecular weight excluding hydrogens is 246 g/mol. The van der Waals surface area contributed by atoms with Crippen molar-refractivity contribution in [1.82, 2.24) is 4.57 Å². The second-order valence-electron chi connectivity index (χ2n) is 4.60. The Morgan fingerprint density at radius 3 is 2.72 bits per heavy atom. The van der Waals surface area contributed by atoms with Gasteiger partial charge in [0.1, 0.15) is 0 Å². The van der Waals surface area contributed by atoms with Gasteiger partial charge in [-0.15, -0.1) is 0 Å². The molecule has 1 N–H and O–H groups in total. The topological polar surface area (TPSA) is 42.2 Å². The van der Waals surface area contributed by atoms with Crippen LogP contribution in [0.4, 0.5) is 0 Å². The zero-order chi connectivity index (χ0) is 13.3. The summed E-state index contributed by atoms with van der Waals surface area (Å²) in [6.07, 6.45) is 4.14. The molecule has 0 unspecified atom stereocenters. The fourth-order valence-electron chi connectivity index (χ4n) is 2.23. The number of fused-ring (bicyclic) bond motifs is 1. The molecule has 0 bridgehead atoms. The molecule has 0 aliphatic carbocycles. The molecule has 0 fully saturated rings. The first-order valence-electron chi connectivity index (χ1n) is 5.91. The van der Waals surface area contributed by atoms with Gasteiger partial charge in [0.05, 0.1) is 11.1 Å². The first-order valence-corrected chi connectivity index (χ1v) is 7.30. The molecule has 1 aromatic heterocycles. The standard InChI is InChI=1S/C14H17NO2S/c1-9(2)15-7-10(8-18-3)11-5-4-6-12(13(11)15)14(16)17/h4-7,9H,8H2,1-3H3,(H,16,17). The van der Waals surface area contributed by atoms with Gasteiger partial charge in [0.25, 0.3) is 0 Å². The molecule has 0 saturated carbocycles. The third kappa shape index (κ3) is 2.12. The lowest BCUT2D eigenvalue weighted by molar-refractivity contribution is 0.0698. The lowest BCUT2D eigenvalue weighted by Crippen LogP contribution is -2.04. The zero-order valence-corrected chi connectivity index (χ0v) is 11.6. The highest BCUT2D eigenvalue weighted by Gasteiger charge is 2.16. The predicted molar refractivity (Wildman–Crippen MR) is 76.5 cm³/mol. The second-order valence-corrected chi connectivity index (χ2v) is 5.46. The van der Waals surface area contributed by atoms with E-state index in [4.69, 9.17) is 0 Å². The molecule has 18 heavy (non-hydrogen) atoms. The number of hydrogen-bond donors (Lipinski definition) is 1. The third-order valence-electron chi connectivity index (χ3n) is 3.02. The van der Waals surface area contributed by atoms with E-state index in [1.807, 2.05) is 12.1 Å². The van der Waals surface area contributed by atoms with Crippen molar-refractivity contribution in [3.63, 3.8) is 0 Å². The summed E-state index contributed by atoms with van der Waals surface area (Å²) in [7, 11) is 0. The lowest BCUT2D eigenvalue weighted by Gasteiger charge is -2.10. The van der Waals surface area contributed by atoms with Gasteiger partial charge >= 0.3 is 5.97 Å². The summed E-state index contributed by atoms with van der Waals surface area (Å²) in [6.45, 7) is 4.14. The minimum Gasteiger partial charge on any atom is -0.478 e. The number of carbonyl (C=O) groups is 1. The summed E-state index contributed by atoms with van der Waals surface area (Å²) in [5.74, 6) is 0.0375. The molecule has 0 atom stereocenters. The van der Waals surface area contributed by atoms with Crippen LogP contribution in [0.25, 0.3) is 10.9 Å². The van der Waals surface area contributed by atoms with Crippen molar-refractivity contribution in [3.8, 4) is 0 Å². The maximum Gasteiger partial charge on any atom is 0.337 e. The molecule has 0 aliphatic rings. The first-order chi connectivity index (χ1) is 8.56. The SMILES string of the molecule is CSCc1cn(C(C)C)c2c(C(=O)O)cccc12. The molecule has 4 heteroatoms. The molecule has 0 aliphatic heterocycles. The Bertz CT molecular complexity index is 587. The van der Waals surface area contributed by atoms with Crippen molar-refractivity contribution in [3.05, 3.63) is 35.5 Å². The number of aromatic carboxylic acids is 1. The van der Waals surface area contributed by atoms with Gasteiger partial charge in [0.2, 0.25) is 0 Å². The monoisotopic (exact) mass is 263 g/mol. The fraction of sp³-hybridized carbons (Fsp3) is 0.357. The largest absolute Gasteiger partial charge is 0.478 e. The molecule has 0 amide bonds. The van der Waals surface area contributed by atoms with Gasteiger partial charge in [0, 0.05) is 23.4 Å². The van der Waals surface area contributed by atoms with Crippen LogP contribution in [-0.2, 0) is 5.75 Å². The van der Waals surface area contributed by atoms with Crippen LogP contribution in [-0.4, -0.2) is 21.9 Å². The highest BCUT2D eigenvalue weighted by Crippen LogP contribution is 2.29. The van der Waals surface area contributed by atoms with Crippen molar-refractivity contribution in [2.45, 2.75) is 25.6 Å². The van der Waals surface area contributed by atoms with Crippen LogP contribution in [0.2, 0.25) is 0 Å². The number of rotatable bonds is 4. The van der Waals surface area contributed by atoms with Gasteiger partial charge in [-0.05, 0) is 31.7 Å². The lowest BCUT2D eigenvalue weighted by atomic mass is 10.1. The quantitative estimate of drug-likeness (QED) is 0.912. The van der Waals surface area contributed by atoms with E-state index >= 15 is 0 Å². The summed E-state index contributed by atoms with van der Waals surface area (Å²) < 4.78 is 2.06. The summed E-state index contributed by atoms with van der Waals surface area (Å²) in [4.78, 5) is 11.3. The van der Waals surface area contributed by atoms with E-state index in [-0.39, 0.29) is 6.04 Å². The Morgan fingerprint density at radius 1 is 1.44 bits per heavy atom. The zero-order valence-electron chi connectivity index (χ0n) is 10.8. The van der Waals surface area contributed by atoms with Gasteiger partial charge in [-0.25, -0.2) is 4.79 Å². The maximum atomic E-state index is 11.3. The van der Waals surface area contributed by atoms with E-state index in [1.165, 1.54) is 5.56 Å². The van der Waals surface area contributed by atoms with Gasteiger partial charge in [-0.2, -0.15) is 11.8 Å². The van der Waals surface area contributed by atoms with Crippen LogP contribution in [0.3, 0.4) is 0 Å². The van der Waals surface area contributed by atoms with Crippen LogP contribution >= 0.6 is 11.8 Å². The van der Waals surface area contributed by atoms with E-state index in [2.05, 4.69) is 30.9 Å². The Morgan fingerprint density at radius 2 is 2.17 bits per heavy atom. The number of benzene rings is 1. The first kappa shape index (κ1) is 13.0. The van der Waals surface area contributed by atoms with Crippen molar-refractivity contribution >= 4 is 28.6 Å². The minimum atomic E-state index is -0.865. The second kappa shape index (κ2) is 5.06. The molecule has 0 spiro atoms. The molecule has 96 valence electrons. The highest BCUT2D eigenvalue weighted by molar-refractivity contribution is 7.97. The van der Waals surface area contributed by atoms with Gasteiger partial charge < -0.3 is 9.67 Å². The molecular formula is C14H17NO2S. The predicted octanol–water partition coefficient (Wildman–Crippen LogP) is 3.78. The van der Waals surface area contributed by atoms with Crippen LogP contribution in [0.1, 0.15) is 35.8 Å². The van der Waals surface area contributed by atoms with Crippen LogP contribution in [0.15, 0.2) is 24.4 Å². The van der Waals surface area contributed by atoms with E-state index in [1.54, 1.807) is 17.8 Å². The van der Waals surface area contributed by atoms with Crippen LogP contribution in [0, 0.1) is 0 Å². The summed E-state index contributed by atoms with van der Waals surface area (Å²) in [5.41, 5.74) is 2.42. The molecule has 0 saturated heterocycles. The molecule has 3 nitrogen and oxygen atoms in total. The van der Waals surface area contributed by atoms with Crippen molar-refractivity contribution in [2.24, 2.45) is 0 Å². The smallest absolute Gasteiger partial charge is 0.337 e. The van der Waals surface area contributed by atoms with Gasteiger partial charge in [-0.3, -0.25) is 0 Å². The van der Waals surface area contributed by atoms with Crippen molar-refractivity contribution < 1.29 is 9.90 Å². The molecule has 2 aromatic rings. The summed E-state index contributed by atoms with van der Waals surface area (Å²) in [6, 6.07) is 5.75. The Balaban J connectivity index is 2.78. The van der Waals surface area contributed by atoms with E-state index < -0.39 is 5.97 Å². The maximum absolute atomic E-state index is 11.3. The Hall–Kier alpha value is -1.42. The van der Waals surface area contributed by atoms with E-state index in [9.17, 15) is 9.90 Å². The van der Waals surface area contributed by atoms with Crippen molar-refractivity contribution in [2.75, 3.05) is 6.26 Å². The molecule has 2 rings (SSSR count). The highest BCUT2D eigenvalue weighted by atomic mass is 32.2. The van der Waals surface area contributed by atoms with E-state index in [0.29, 0.717) is 5.56 Å². The Labute approximate surface area is 111 Å². The number of hydrogen-bond acceptors (Lipinski definition) is 2. The molecule has 1 heterocycles. The number of para-hydroxylation sites is 1. The number of aromatic nitrogens is 1. The van der Waals surface area contributed by atoms with Crippen molar-refractivity contribution in [1.29, 1.82) is 0 Å². The number of carboxylic acid groups (broad SMARTS) is 1. The summed E-state index contributed by atoms with van der Waals surface area (Å²) >= 11 is 1.75. The van der Waals surface area contributed by atoms with Gasteiger partial charge in [0.15, 0.2) is 0 Å². The summed E-state index contributed by atoms with van der Waals surface area (Å²) in [5, 5.41) is 10.4. The normalized spacial score (nSPS) is 11.3. The fourth-order valence-corrected chi connectivity index (χ4v) is 2.77. The average molecular weight is 263 g/mol. The van der Waals surface area contributed by atoms with E-state index in [0.717, 1.165) is 16.7 Å². The Kier molecular flexibility index (Phi) is 3.66. The average Bonchev–Trinajstić information content (AvgIpc) is 2.69.